The SMILES string of the molecule is Cc1cc(C)cc(CN2CC(C)(C)NCC2C2CC2)c1. The molecule has 1 heterocycles. The van der Waals surface area contributed by atoms with Gasteiger partial charge in [-0.05, 0) is 52.0 Å². The van der Waals surface area contributed by atoms with E-state index in [1.165, 1.54) is 29.5 Å². The quantitative estimate of drug-likeness (QED) is 0.908. The van der Waals surface area contributed by atoms with Gasteiger partial charge in [-0.25, -0.2) is 0 Å². The van der Waals surface area contributed by atoms with Crippen LogP contribution in [0, 0.1) is 19.8 Å². The fraction of sp³-hybridized carbons (Fsp3) is 0.667. The van der Waals surface area contributed by atoms with Gasteiger partial charge in [0.15, 0.2) is 0 Å². The van der Waals surface area contributed by atoms with Crippen molar-refractivity contribution in [1.82, 2.24) is 10.2 Å². The van der Waals surface area contributed by atoms with E-state index in [0.717, 1.165) is 31.6 Å². The van der Waals surface area contributed by atoms with E-state index in [1.807, 2.05) is 0 Å². The molecule has 1 saturated carbocycles. The molecule has 0 aromatic heterocycles. The molecule has 1 unspecified atom stereocenters. The van der Waals surface area contributed by atoms with E-state index in [-0.39, 0.29) is 5.54 Å². The summed E-state index contributed by atoms with van der Waals surface area (Å²) >= 11 is 0. The summed E-state index contributed by atoms with van der Waals surface area (Å²) in [5, 5.41) is 3.73. The molecule has 2 heteroatoms. The van der Waals surface area contributed by atoms with Crippen LogP contribution in [0.3, 0.4) is 0 Å². The van der Waals surface area contributed by atoms with Gasteiger partial charge in [-0.15, -0.1) is 0 Å². The molecule has 0 spiro atoms. The maximum atomic E-state index is 3.73. The number of aryl methyl sites for hydroxylation is 2. The van der Waals surface area contributed by atoms with Crippen LogP contribution in [0.5, 0.6) is 0 Å². The van der Waals surface area contributed by atoms with Crippen molar-refractivity contribution in [2.75, 3.05) is 13.1 Å². The molecule has 20 heavy (non-hydrogen) atoms. The molecule has 1 aromatic carbocycles. The van der Waals surface area contributed by atoms with E-state index in [9.17, 15) is 0 Å². The monoisotopic (exact) mass is 272 g/mol. The number of nitrogens with zero attached hydrogens (tertiary/aromatic N) is 1. The lowest BCUT2D eigenvalue weighted by atomic mass is 9.95. The Morgan fingerprint density at radius 3 is 2.40 bits per heavy atom. The Morgan fingerprint density at radius 2 is 1.80 bits per heavy atom. The lowest BCUT2D eigenvalue weighted by Gasteiger charge is -2.45. The van der Waals surface area contributed by atoms with E-state index in [4.69, 9.17) is 0 Å². The van der Waals surface area contributed by atoms with Gasteiger partial charge in [0.25, 0.3) is 0 Å². The van der Waals surface area contributed by atoms with Crippen LogP contribution in [0.25, 0.3) is 0 Å². The van der Waals surface area contributed by atoms with Gasteiger partial charge in [0.2, 0.25) is 0 Å². The Kier molecular flexibility index (Phi) is 3.64. The predicted octanol–water partition coefficient (Wildman–Crippen LogP) is 3.27. The minimum absolute atomic E-state index is 0.240. The first-order valence-electron chi connectivity index (χ1n) is 7.99. The van der Waals surface area contributed by atoms with E-state index < -0.39 is 0 Å². The van der Waals surface area contributed by atoms with E-state index in [2.05, 4.69) is 56.1 Å². The third-order valence-corrected chi connectivity index (χ3v) is 4.69. The van der Waals surface area contributed by atoms with Gasteiger partial charge in [-0.2, -0.15) is 0 Å². The van der Waals surface area contributed by atoms with Gasteiger partial charge in [0.05, 0.1) is 0 Å². The molecule has 1 saturated heterocycles. The molecular weight excluding hydrogens is 244 g/mol. The van der Waals surface area contributed by atoms with Crippen molar-refractivity contribution in [1.29, 1.82) is 0 Å². The van der Waals surface area contributed by atoms with Crippen LogP contribution in [0.15, 0.2) is 18.2 Å². The summed E-state index contributed by atoms with van der Waals surface area (Å²) in [4.78, 5) is 2.72. The first-order valence-corrected chi connectivity index (χ1v) is 7.99. The van der Waals surface area contributed by atoms with Crippen LogP contribution in [-0.4, -0.2) is 29.6 Å². The maximum Gasteiger partial charge on any atom is 0.0253 e. The molecule has 1 aliphatic carbocycles. The van der Waals surface area contributed by atoms with Crippen LogP contribution >= 0.6 is 0 Å². The maximum absolute atomic E-state index is 3.73. The van der Waals surface area contributed by atoms with Crippen molar-refractivity contribution in [3.05, 3.63) is 34.9 Å². The van der Waals surface area contributed by atoms with Crippen molar-refractivity contribution in [3.8, 4) is 0 Å². The van der Waals surface area contributed by atoms with Crippen molar-refractivity contribution in [2.24, 2.45) is 5.92 Å². The first kappa shape index (κ1) is 14.1. The highest BCUT2D eigenvalue weighted by Gasteiger charge is 2.40. The molecule has 1 aliphatic heterocycles. The summed E-state index contributed by atoms with van der Waals surface area (Å²) in [6, 6.07) is 7.71. The molecule has 3 rings (SSSR count). The number of hydrogen-bond donors (Lipinski definition) is 1. The summed E-state index contributed by atoms with van der Waals surface area (Å²) in [5.74, 6) is 0.935. The molecule has 1 atom stereocenters. The van der Waals surface area contributed by atoms with Crippen LogP contribution in [0.4, 0.5) is 0 Å². The number of nitrogens with one attached hydrogen (secondary N) is 1. The number of hydrogen-bond acceptors (Lipinski definition) is 2. The number of piperazine rings is 1. The molecule has 110 valence electrons. The Bertz CT molecular complexity index is 468. The smallest absolute Gasteiger partial charge is 0.0253 e. The zero-order valence-electron chi connectivity index (χ0n) is 13.4. The highest BCUT2D eigenvalue weighted by molar-refractivity contribution is 5.28. The Hall–Kier alpha value is -0.860. The van der Waals surface area contributed by atoms with Crippen molar-refractivity contribution in [3.63, 3.8) is 0 Å². The molecule has 1 aromatic rings. The third kappa shape index (κ3) is 3.24. The predicted molar refractivity (Wildman–Crippen MR) is 84.9 cm³/mol. The highest BCUT2D eigenvalue weighted by atomic mass is 15.3. The van der Waals surface area contributed by atoms with Crippen LogP contribution in [0.2, 0.25) is 0 Å². The third-order valence-electron chi connectivity index (χ3n) is 4.69. The average molecular weight is 272 g/mol. The summed E-state index contributed by atoms with van der Waals surface area (Å²) in [6.07, 6.45) is 2.85. The Labute approximate surface area is 123 Å². The average Bonchev–Trinajstić information content (AvgIpc) is 3.10. The van der Waals surface area contributed by atoms with Gasteiger partial charge >= 0.3 is 0 Å². The molecule has 0 bridgehead atoms. The zero-order chi connectivity index (χ0) is 14.3. The fourth-order valence-electron chi connectivity index (χ4n) is 3.70. The minimum Gasteiger partial charge on any atom is -0.309 e. The van der Waals surface area contributed by atoms with Gasteiger partial charge in [-0.1, -0.05) is 29.3 Å². The standard InChI is InChI=1S/C18H28N2/c1-13-7-14(2)9-15(8-13)11-20-12-18(3,4)19-10-17(20)16-5-6-16/h7-9,16-17,19H,5-6,10-12H2,1-4H3. The molecular formula is C18H28N2. The Balaban J connectivity index is 1.77. The van der Waals surface area contributed by atoms with Gasteiger partial charge in [0, 0.05) is 31.2 Å². The minimum atomic E-state index is 0.240. The van der Waals surface area contributed by atoms with Crippen molar-refractivity contribution in [2.45, 2.75) is 58.7 Å². The van der Waals surface area contributed by atoms with Gasteiger partial charge in [0.1, 0.15) is 0 Å². The topological polar surface area (TPSA) is 15.3 Å². The second kappa shape index (κ2) is 5.16. The molecule has 2 nitrogen and oxygen atoms in total. The van der Waals surface area contributed by atoms with Crippen LogP contribution in [-0.2, 0) is 6.54 Å². The largest absolute Gasteiger partial charge is 0.309 e. The summed E-state index contributed by atoms with van der Waals surface area (Å²) in [5.41, 5.74) is 4.49. The second-order valence-electron chi connectivity index (χ2n) is 7.57. The summed E-state index contributed by atoms with van der Waals surface area (Å²) < 4.78 is 0. The first-order chi connectivity index (χ1) is 9.43. The lowest BCUT2D eigenvalue weighted by molar-refractivity contribution is 0.0759. The molecule has 0 amide bonds. The molecule has 2 aliphatic rings. The molecule has 0 radical (unpaired) electrons. The van der Waals surface area contributed by atoms with Crippen molar-refractivity contribution >= 4 is 0 Å². The lowest BCUT2D eigenvalue weighted by Crippen LogP contribution is -2.61. The summed E-state index contributed by atoms with van der Waals surface area (Å²) in [6.45, 7) is 12.5. The molecule has 1 N–H and O–H groups in total. The van der Waals surface area contributed by atoms with Crippen molar-refractivity contribution < 1.29 is 0 Å². The fourth-order valence-corrected chi connectivity index (χ4v) is 3.70. The molecule has 2 fully saturated rings. The number of benzene rings is 1. The van der Waals surface area contributed by atoms with Gasteiger partial charge < -0.3 is 5.32 Å². The zero-order valence-corrected chi connectivity index (χ0v) is 13.4. The van der Waals surface area contributed by atoms with E-state index >= 15 is 0 Å². The highest BCUT2D eigenvalue weighted by Crippen LogP contribution is 2.37. The normalized spacial score (nSPS) is 26.7. The summed E-state index contributed by atoms with van der Waals surface area (Å²) in [7, 11) is 0. The Morgan fingerprint density at radius 1 is 1.15 bits per heavy atom. The van der Waals surface area contributed by atoms with Crippen LogP contribution in [0.1, 0.15) is 43.4 Å². The number of rotatable bonds is 3. The van der Waals surface area contributed by atoms with E-state index in [1.54, 1.807) is 0 Å². The van der Waals surface area contributed by atoms with Gasteiger partial charge in [-0.3, -0.25) is 4.90 Å². The van der Waals surface area contributed by atoms with Crippen LogP contribution < -0.4 is 5.32 Å². The second-order valence-corrected chi connectivity index (χ2v) is 7.57. The van der Waals surface area contributed by atoms with E-state index in [0.29, 0.717) is 0 Å².